The summed E-state index contributed by atoms with van der Waals surface area (Å²) in [7, 11) is 0. The summed E-state index contributed by atoms with van der Waals surface area (Å²) in [5, 5.41) is 6.89. The first-order valence-corrected chi connectivity index (χ1v) is 6.86. The second-order valence-corrected chi connectivity index (χ2v) is 5.79. The Labute approximate surface area is 112 Å². The third-order valence-electron chi connectivity index (χ3n) is 4.81. The van der Waals surface area contributed by atoms with Crippen molar-refractivity contribution in [1.29, 1.82) is 0 Å². The summed E-state index contributed by atoms with van der Waals surface area (Å²) in [5.74, 6) is 1.99. The molecule has 2 aliphatic carbocycles. The predicted molar refractivity (Wildman–Crippen MR) is 66.3 cm³/mol. The number of Topliss-reactive ketones (excluding diaryl/α,β-unsaturated/α-hetero) is 1. The highest BCUT2D eigenvalue weighted by Crippen LogP contribution is 2.48. The van der Waals surface area contributed by atoms with E-state index in [1.54, 1.807) is 0 Å². The van der Waals surface area contributed by atoms with Gasteiger partial charge in [-0.3, -0.25) is 14.4 Å². The SMILES string of the molecule is CC1OC(=O)C2CC3CC(=O)CCC3CC12.O=CO. The Bertz CT molecular complexity index is 378. The molecular formula is C14H20O5. The van der Waals surface area contributed by atoms with Crippen molar-refractivity contribution >= 4 is 18.2 Å². The highest BCUT2D eigenvalue weighted by molar-refractivity contribution is 5.80. The van der Waals surface area contributed by atoms with Crippen LogP contribution in [0.3, 0.4) is 0 Å². The zero-order chi connectivity index (χ0) is 14.0. The van der Waals surface area contributed by atoms with Gasteiger partial charge in [-0.2, -0.15) is 0 Å². The van der Waals surface area contributed by atoms with E-state index in [-0.39, 0.29) is 24.5 Å². The van der Waals surface area contributed by atoms with Crippen LogP contribution in [0.4, 0.5) is 0 Å². The fraction of sp³-hybridized carbons (Fsp3) is 0.786. The smallest absolute Gasteiger partial charge is 0.309 e. The average Bonchev–Trinajstić information content (AvgIpc) is 2.63. The van der Waals surface area contributed by atoms with Gasteiger partial charge >= 0.3 is 5.97 Å². The minimum atomic E-state index is -0.250. The van der Waals surface area contributed by atoms with Crippen LogP contribution in [-0.2, 0) is 19.1 Å². The lowest BCUT2D eigenvalue weighted by atomic mass is 9.63. The molecular weight excluding hydrogens is 248 g/mol. The molecule has 3 fully saturated rings. The first-order chi connectivity index (χ1) is 9.06. The maximum absolute atomic E-state index is 11.7. The van der Waals surface area contributed by atoms with Crippen LogP contribution in [0.2, 0.25) is 0 Å². The maximum atomic E-state index is 11.7. The van der Waals surface area contributed by atoms with Crippen molar-refractivity contribution in [2.24, 2.45) is 23.7 Å². The average molecular weight is 268 g/mol. The molecule has 0 amide bonds. The van der Waals surface area contributed by atoms with Crippen LogP contribution in [0.5, 0.6) is 0 Å². The van der Waals surface area contributed by atoms with Gasteiger partial charge in [0.25, 0.3) is 6.47 Å². The lowest BCUT2D eigenvalue weighted by Gasteiger charge is -2.39. The Morgan fingerprint density at radius 2 is 1.95 bits per heavy atom. The van der Waals surface area contributed by atoms with Crippen LogP contribution in [0, 0.1) is 23.7 Å². The van der Waals surface area contributed by atoms with Gasteiger partial charge in [0.15, 0.2) is 0 Å². The summed E-state index contributed by atoms with van der Waals surface area (Å²) in [5.41, 5.74) is 0. The minimum Gasteiger partial charge on any atom is -0.483 e. The number of ether oxygens (including phenoxy) is 1. The van der Waals surface area contributed by atoms with Crippen molar-refractivity contribution in [1.82, 2.24) is 0 Å². The van der Waals surface area contributed by atoms with E-state index < -0.39 is 0 Å². The van der Waals surface area contributed by atoms with E-state index in [9.17, 15) is 9.59 Å². The molecule has 0 aromatic carbocycles. The molecule has 1 N–H and O–H groups in total. The van der Waals surface area contributed by atoms with Crippen molar-refractivity contribution in [2.75, 3.05) is 0 Å². The summed E-state index contributed by atoms with van der Waals surface area (Å²) >= 11 is 0. The molecule has 0 aromatic heterocycles. The van der Waals surface area contributed by atoms with Gasteiger partial charge in [-0.05, 0) is 38.0 Å². The lowest BCUT2D eigenvalue weighted by Crippen LogP contribution is -2.37. The van der Waals surface area contributed by atoms with Crippen molar-refractivity contribution in [2.45, 2.75) is 45.1 Å². The van der Waals surface area contributed by atoms with Gasteiger partial charge in [-0.1, -0.05) is 0 Å². The quantitative estimate of drug-likeness (QED) is 0.533. The van der Waals surface area contributed by atoms with Gasteiger partial charge < -0.3 is 9.84 Å². The number of rotatable bonds is 0. The number of esters is 1. The van der Waals surface area contributed by atoms with E-state index in [1.165, 1.54) is 0 Å². The third-order valence-corrected chi connectivity index (χ3v) is 4.81. The van der Waals surface area contributed by atoms with Crippen LogP contribution in [0.25, 0.3) is 0 Å². The van der Waals surface area contributed by atoms with Gasteiger partial charge in [0.05, 0.1) is 5.92 Å². The third kappa shape index (κ3) is 2.80. The van der Waals surface area contributed by atoms with Gasteiger partial charge in [0.2, 0.25) is 0 Å². The van der Waals surface area contributed by atoms with Crippen molar-refractivity contribution < 1.29 is 24.2 Å². The van der Waals surface area contributed by atoms with Crippen LogP contribution < -0.4 is 0 Å². The standard InChI is InChI=1S/C13H18O3.CH2O2/c1-7-11-5-8-2-3-10(14)4-9(8)6-12(11)13(15)16-7;2-1-3/h7-9,11-12H,2-6H2,1H3;1H,(H,2,3). The fourth-order valence-electron chi connectivity index (χ4n) is 3.89. The molecule has 106 valence electrons. The van der Waals surface area contributed by atoms with E-state index in [0.717, 1.165) is 25.7 Å². The highest BCUT2D eigenvalue weighted by atomic mass is 16.6. The molecule has 3 rings (SSSR count). The zero-order valence-electron chi connectivity index (χ0n) is 11.1. The molecule has 1 aliphatic heterocycles. The van der Waals surface area contributed by atoms with Gasteiger partial charge in [-0.25, -0.2) is 0 Å². The van der Waals surface area contributed by atoms with Crippen molar-refractivity contribution in [3.8, 4) is 0 Å². The number of ketones is 1. The Morgan fingerprint density at radius 3 is 2.63 bits per heavy atom. The zero-order valence-corrected chi connectivity index (χ0v) is 11.1. The monoisotopic (exact) mass is 268 g/mol. The second kappa shape index (κ2) is 5.72. The van der Waals surface area contributed by atoms with Gasteiger partial charge in [0.1, 0.15) is 11.9 Å². The summed E-state index contributed by atoms with van der Waals surface area (Å²) in [6.45, 7) is 1.76. The van der Waals surface area contributed by atoms with Crippen LogP contribution in [-0.4, -0.2) is 29.4 Å². The molecule has 5 atom stereocenters. The van der Waals surface area contributed by atoms with E-state index in [4.69, 9.17) is 14.6 Å². The molecule has 0 spiro atoms. The van der Waals surface area contributed by atoms with E-state index in [0.29, 0.717) is 30.0 Å². The fourth-order valence-corrected chi connectivity index (χ4v) is 3.89. The van der Waals surface area contributed by atoms with E-state index in [2.05, 4.69) is 0 Å². The van der Waals surface area contributed by atoms with Crippen molar-refractivity contribution in [3.05, 3.63) is 0 Å². The number of carbonyl (C=O) groups is 3. The molecule has 0 radical (unpaired) electrons. The number of hydrogen-bond acceptors (Lipinski definition) is 4. The summed E-state index contributed by atoms with van der Waals surface area (Å²) < 4.78 is 5.32. The number of fused-ring (bicyclic) bond motifs is 2. The molecule has 0 aromatic rings. The van der Waals surface area contributed by atoms with Gasteiger partial charge in [-0.15, -0.1) is 0 Å². The molecule has 3 aliphatic rings. The first kappa shape index (κ1) is 14.0. The van der Waals surface area contributed by atoms with Crippen LogP contribution in [0.1, 0.15) is 39.0 Å². The van der Waals surface area contributed by atoms with Gasteiger partial charge in [0, 0.05) is 18.8 Å². The Kier molecular flexibility index (Phi) is 4.22. The number of carboxylic acid groups (broad SMARTS) is 1. The Balaban J connectivity index is 0.000000408. The molecule has 1 heterocycles. The lowest BCUT2D eigenvalue weighted by molar-refractivity contribution is -0.144. The molecule has 2 saturated carbocycles. The maximum Gasteiger partial charge on any atom is 0.309 e. The topological polar surface area (TPSA) is 80.7 Å². The summed E-state index contributed by atoms with van der Waals surface area (Å²) in [4.78, 5) is 31.5. The molecule has 0 bridgehead atoms. The van der Waals surface area contributed by atoms with Crippen LogP contribution in [0.15, 0.2) is 0 Å². The molecule has 19 heavy (non-hydrogen) atoms. The number of carbonyl (C=O) groups excluding carboxylic acids is 2. The Hall–Kier alpha value is -1.39. The largest absolute Gasteiger partial charge is 0.483 e. The number of cyclic esters (lactones) is 1. The predicted octanol–water partition coefficient (Wildman–Crippen LogP) is 1.64. The highest BCUT2D eigenvalue weighted by Gasteiger charge is 2.49. The van der Waals surface area contributed by atoms with Crippen molar-refractivity contribution in [3.63, 3.8) is 0 Å². The molecule has 1 saturated heterocycles. The molecule has 5 heteroatoms. The van der Waals surface area contributed by atoms with E-state index >= 15 is 0 Å². The van der Waals surface area contributed by atoms with E-state index in [1.807, 2.05) is 6.92 Å². The minimum absolute atomic E-state index is 0.0195. The summed E-state index contributed by atoms with van der Waals surface area (Å²) in [6.07, 6.45) is 4.57. The van der Waals surface area contributed by atoms with Crippen LogP contribution >= 0.6 is 0 Å². The summed E-state index contributed by atoms with van der Waals surface area (Å²) in [6, 6.07) is 0. The molecule has 5 unspecified atom stereocenters. The molecule has 5 nitrogen and oxygen atoms in total. The number of hydrogen-bond donors (Lipinski definition) is 1. The normalized spacial score (nSPS) is 40.4. The first-order valence-electron chi connectivity index (χ1n) is 6.86. The second-order valence-electron chi connectivity index (χ2n) is 5.79. The Morgan fingerprint density at radius 1 is 1.26 bits per heavy atom.